The lowest BCUT2D eigenvalue weighted by Crippen LogP contribution is -2.40. The minimum atomic E-state index is -0.658. The van der Waals surface area contributed by atoms with Crippen molar-refractivity contribution in [2.45, 2.75) is 18.4 Å². The number of pyridine rings is 1. The van der Waals surface area contributed by atoms with Gasteiger partial charge in [0.25, 0.3) is 5.91 Å². The first-order chi connectivity index (χ1) is 17.0. The fourth-order valence-corrected chi connectivity index (χ4v) is 4.66. The van der Waals surface area contributed by atoms with E-state index >= 15 is 0 Å². The van der Waals surface area contributed by atoms with Crippen LogP contribution in [0.4, 0.5) is 16.3 Å². The summed E-state index contributed by atoms with van der Waals surface area (Å²) in [6.07, 6.45) is 2.73. The zero-order valence-electron chi connectivity index (χ0n) is 19.6. The van der Waals surface area contributed by atoms with Gasteiger partial charge < -0.3 is 24.6 Å². The number of likely N-dealkylation sites (tertiary alicyclic amines) is 1. The highest BCUT2D eigenvalue weighted by molar-refractivity contribution is 5.99. The van der Waals surface area contributed by atoms with E-state index in [0.29, 0.717) is 44.0 Å². The molecule has 3 heterocycles. The zero-order chi connectivity index (χ0) is 24.3. The molecule has 2 fully saturated rings. The molecule has 180 valence electrons. The van der Waals surface area contributed by atoms with Crippen LogP contribution in [0.15, 0.2) is 72.9 Å². The number of anilines is 2. The van der Waals surface area contributed by atoms with Gasteiger partial charge in [0.1, 0.15) is 11.6 Å². The Morgan fingerprint density at radius 3 is 2.66 bits per heavy atom. The summed E-state index contributed by atoms with van der Waals surface area (Å²) in [5, 5.41) is 3.23. The van der Waals surface area contributed by atoms with Gasteiger partial charge in [-0.3, -0.25) is 4.79 Å². The maximum absolute atomic E-state index is 13.4. The largest absolute Gasteiger partial charge is 0.497 e. The minimum absolute atomic E-state index is 0.134. The minimum Gasteiger partial charge on any atom is -0.497 e. The Kier molecular flexibility index (Phi) is 6.27. The SMILES string of the molecule is COc1ccc(Nc2ncccc2C(=O)N2CCC3(CN(CCc4ccccc4)C(=O)O3)C2)cc1. The van der Waals surface area contributed by atoms with E-state index < -0.39 is 5.60 Å². The van der Waals surface area contributed by atoms with E-state index in [0.717, 1.165) is 17.9 Å². The van der Waals surface area contributed by atoms with Crippen molar-refractivity contribution in [3.63, 3.8) is 0 Å². The van der Waals surface area contributed by atoms with E-state index in [1.54, 1.807) is 35.2 Å². The van der Waals surface area contributed by atoms with Gasteiger partial charge in [-0.25, -0.2) is 9.78 Å². The van der Waals surface area contributed by atoms with Crippen LogP contribution in [0.5, 0.6) is 5.75 Å². The van der Waals surface area contributed by atoms with Crippen LogP contribution in [0.25, 0.3) is 0 Å². The Balaban J connectivity index is 1.24. The Labute approximate surface area is 204 Å². The molecule has 2 aromatic carbocycles. The van der Waals surface area contributed by atoms with Crippen LogP contribution >= 0.6 is 0 Å². The fourth-order valence-electron chi connectivity index (χ4n) is 4.66. The molecule has 1 aromatic heterocycles. The summed E-state index contributed by atoms with van der Waals surface area (Å²) >= 11 is 0. The van der Waals surface area contributed by atoms with Gasteiger partial charge in [0.15, 0.2) is 5.60 Å². The van der Waals surface area contributed by atoms with Crippen LogP contribution in [0.3, 0.4) is 0 Å². The summed E-state index contributed by atoms with van der Waals surface area (Å²) in [5.74, 6) is 1.10. The standard InChI is InChI=1S/C27H28N4O4/c1-34-22-11-9-21(10-12-22)29-24-23(8-5-15-28-24)25(32)30-17-14-27(18-30)19-31(26(33)35-27)16-13-20-6-3-2-4-7-20/h2-12,15H,13-14,16-19H2,1H3,(H,28,29). The van der Waals surface area contributed by atoms with Crippen LogP contribution in [0.2, 0.25) is 0 Å². The predicted molar refractivity (Wildman–Crippen MR) is 132 cm³/mol. The molecule has 1 spiro atoms. The molecule has 2 aliphatic heterocycles. The monoisotopic (exact) mass is 472 g/mol. The number of amides is 2. The number of benzene rings is 2. The topological polar surface area (TPSA) is 84.0 Å². The molecule has 3 aromatic rings. The van der Waals surface area contributed by atoms with Gasteiger partial charge >= 0.3 is 6.09 Å². The molecular formula is C27H28N4O4. The quantitative estimate of drug-likeness (QED) is 0.557. The molecule has 8 heteroatoms. The third kappa shape index (κ3) is 4.91. The highest BCUT2D eigenvalue weighted by Crippen LogP contribution is 2.34. The molecule has 2 saturated heterocycles. The number of rotatable bonds is 7. The van der Waals surface area contributed by atoms with Crippen molar-refractivity contribution < 1.29 is 19.1 Å². The number of carbonyl (C=O) groups is 2. The van der Waals surface area contributed by atoms with Crippen molar-refractivity contribution in [2.75, 3.05) is 38.6 Å². The Hall–Kier alpha value is -4.07. The summed E-state index contributed by atoms with van der Waals surface area (Å²) in [7, 11) is 1.62. The van der Waals surface area contributed by atoms with E-state index in [1.165, 1.54) is 5.56 Å². The van der Waals surface area contributed by atoms with Crippen LogP contribution < -0.4 is 10.1 Å². The lowest BCUT2D eigenvalue weighted by molar-refractivity contribution is 0.0553. The molecule has 35 heavy (non-hydrogen) atoms. The molecular weight excluding hydrogens is 444 g/mol. The molecule has 0 bridgehead atoms. The first-order valence-electron chi connectivity index (χ1n) is 11.7. The Morgan fingerprint density at radius 1 is 1.09 bits per heavy atom. The fraction of sp³-hybridized carbons (Fsp3) is 0.296. The maximum Gasteiger partial charge on any atom is 0.410 e. The van der Waals surface area contributed by atoms with Gasteiger partial charge in [0.2, 0.25) is 0 Å². The summed E-state index contributed by atoms with van der Waals surface area (Å²) in [6, 6.07) is 21.0. The van der Waals surface area contributed by atoms with Gasteiger partial charge in [-0.1, -0.05) is 30.3 Å². The van der Waals surface area contributed by atoms with Crippen molar-refractivity contribution in [1.82, 2.24) is 14.8 Å². The molecule has 0 aliphatic carbocycles. The van der Waals surface area contributed by atoms with Crippen LogP contribution in [-0.4, -0.2) is 65.7 Å². The highest BCUT2D eigenvalue weighted by atomic mass is 16.6. The van der Waals surface area contributed by atoms with Crippen LogP contribution in [0.1, 0.15) is 22.3 Å². The number of ether oxygens (including phenoxy) is 2. The number of methoxy groups -OCH3 is 1. The van der Waals surface area contributed by atoms with E-state index in [9.17, 15) is 9.59 Å². The number of aromatic nitrogens is 1. The number of hydrogen-bond acceptors (Lipinski definition) is 6. The van der Waals surface area contributed by atoms with Crippen LogP contribution in [-0.2, 0) is 11.2 Å². The third-order valence-corrected chi connectivity index (χ3v) is 6.55. The van der Waals surface area contributed by atoms with Gasteiger partial charge in [0, 0.05) is 31.4 Å². The van der Waals surface area contributed by atoms with Gasteiger partial charge in [-0.2, -0.15) is 0 Å². The van der Waals surface area contributed by atoms with E-state index in [-0.39, 0.29) is 12.0 Å². The number of hydrogen-bond donors (Lipinski definition) is 1. The van der Waals surface area contributed by atoms with E-state index in [4.69, 9.17) is 9.47 Å². The average Bonchev–Trinajstić information content (AvgIpc) is 3.45. The normalized spacial score (nSPS) is 19.2. The van der Waals surface area contributed by atoms with Crippen molar-refractivity contribution >= 4 is 23.5 Å². The molecule has 2 aliphatic rings. The molecule has 8 nitrogen and oxygen atoms in total. The average molecular weight is 473 g/mol. The summed E-state index contributed by atoms with van der Waals surface area (Å²) in [4.78, 5) is 33.9. The number of carbonyl (C=O) groups excluding carboxylic acids is 2. The molecule has 1 N–H and O–H groups in total. The van der Waals surface area contributed by atoms with Gasteiger partial charge in [-0.05, 0) is 48.4 Å². The van der Waals surface area contributed by atoms with Gasteiger partial charge in [0.05, 0.1) is 25.8 Å². The number of nitrogens with zero attached hydrogens (tertiary/aromatic N) is 3. The highest BCUT2D eigenvalue weighted by Gasteiger charge is 2.50. The second-order valence-corrected chi connectivity index (χ2v) is 8.94. The first kappa shape index (κ1) is 22.7. The van der Waals surface area contributed by atoms with Crippen molar-refractivity contribution in [1.29, 1.82) is 0 Å². The molecule has 1 unspecified atom stereocenters. The Morgan fingerprint density at radius 2 is 1.89 bits per heavy atom. The molecule has 2 amide bonds. The maximum atomic E-state index is 13.4. The van der Waals surface area contributed by atoms with Crippen molar-refractivity contribution in [2.24, 2.45) is 0 Å². The van der Waals surface area contributed by atoms with Crippen molar-refractivity contribution in [3.05, 3.63) is 84.1 Å². The lowest BCUT2D eigenvalue weighted by atomic mass is 10.0. The first-order valence-corrected chi connectivity index (χ1v) is 11.7. The summed E-state index contributed by atoms with van der Waals surface area (Å²) in [6.45, 7) is 1.98. The molecule has 5 rings (SSSR count). The smallest absolute Gasteiger partial charge is 0.410 e. The molecule has 0 radical (unpaired) electrons. The summed E-state index contributed by atoms with van der Waals surface area (Å²) in [5.41, 5.74) is 1.80. The third-order valence-electron chi connectivity index (χ3n) is 6.55. The van der Waals surface area contributed by atoms with Crippen molar-refractivity contribution in [3.8, 4) is 5.75 Å². The molecule has 0 saturated carbocycles. The summed E-state index contributed by atoms with van der Waals surface area (Å²) < 4.78 is 11.0. The Bertz CT molecular complexity index is 1200. The lowest BCUT2D eigenvalue weighted by Gasteiger charge is -2.23. The van der Waals surface area contributed by atoms with E-state index in [2.05, 4.69) is 22.4 Å². The van der Waals surface area contributed by atoms with E-state index in [1.807, 2.05) is 42.5 Å². The van der Waals surface area contributed by atoms with Crippen LogP contribution in [0, 0.1) is 0 Å². The zero-order valence-corrected chi connectivity index (χ0v) is 19.6. The second-order valence-electron chi connectivity index (χ2n) is 8.94. The molecule has 1 atom stereocenters. The predicted octanol–water partition coefficient (Wildman–Crippen LogP) is 4.11. The van der Waals surface area contributed by atoms with Gasteiger partial charge in [-0.15, -0.1) is 0 Å². The second kappa shape index (κ2) is 9.66. The number of nitrogens with one attached hydrogen (secondary N) is 1.